The Hall–Kier alpha value is -2.63. The Kier molecular flexibility index (Phi) is 2.73. The van der Waals surface area contributed by atoms with Gasteiger partial charge in [0.2, 0.25) is 0 Å². The smallest absolute Gasteiger partial charge is 0.263 e. The van der Waals surface area contributed by atoms with Gasteiger partial charge in [-0.15, -0.1) is 0 Å². The second-order valence-corrected chi connectivity index (χ2v) is 5.30. The van der Waals surface area contributed by atoms with Crippen LogP contribution in [-0.4, -0.2) is 20.3 Å². The van der Waals surface area contributed by atoms with Crippen molar-refractivity contribution in [2.75, 3.05) is 5.73 Å². The summed E-state index contributed by atoms with van der Waals surface area (Å²) in [6.07, 6.45) is 4.89. The van der Waals surface area contributed by atoms with Crippen LogP contribution < -0.4 is 5.73 Å². The highest BCUT2D eigenvalue weighted by molar-refractivity contribution is 5.65. The first-order valence-electron chi connectivity index (χ1n) is 7.03. The van der Waals surface area contributed by atoms with Gasteiger partial charge in [0.05, 0.1) is 6.20 Å². The number of nitrogen functional groups attached to an aromatic ring is 1. The van der Waals surface area contributed by atoms with Crippen LogP contribution in [0.15, 0.2) is 35.0 Å². The van der Waals surface area contributed by atoms with E-state index in [9.17, 15) is 0 Å². The predicted octanol–water partition coefficient (Wildman–Crippen LogP) is 2.51. The number of H-pyrrole nitrogens is 1. The minimum Gasteiger partial charge on any atom is -0.383 e. The number of nitrogens with two attached hydrogens (primary N) is 1. The van der Waals surface area contributed by atoms with Crippen molar-refractivity contribution in [2.24, 2.45) is 0 Å². The molecule has 21 heavy (non-hydrogen) atoms. The molecule has 3 N–H and O–H groups in total. The van der Waals surface area contributed by atoms with Crippen LogP contribution in [0.1, 0.15) is 35.7 Å². The lowest BCUT2D eigenvalue weighted by Crippen LogP contribution is -2.12. The molecule has 2 heterocycles. The number of hydrogen-bond donors (Lipinski definition) is 2. The van der Waals surface area contributed by atoms with E-state index < -0.39 is 0 Å². The molecule has 4 rings (SSSR count). The van der Waals surface area contributed by atoms with Crippen molar-refractivity contribution in [1.82, 2.24) is 20.3 Å². The molecule has 106 valence electrons. The molecule has 1 unspecified atom stereocenters. The first-order valence-corrected chi connectivity index (χ1v) is 7.03. The Labute approximate surface area is 121 Å². The highest BCUT2D eigenvalue weighted by Crippen LogP contribution is 2.36. The number of nitrogens with zero attached hydrogens (tertiary/aromatic N) is 3. The lowest BCUT2D eigenvalue weighted by Gasteiger charge is -2.22. The standard InChI is InChI=1S/C15H15N5O/c16-13-12(8-17-19-13)15-18-14(20-21-15)11-7-3-5-9-4-1-2-6-10(9)11/h1-2,4,6,8,11H,3,5,7H2,(H3,16,17,19). The molecule has 0 aliphatic heterocycles. The average molecular weight is 281 g/mol. The van der Waals surface area contributed by atoms with E-state index in [-0.39, 0.29) is 5.92 Å². The van der Waals surface area contributed by atoms with Crippen LogP contribution >= 0.6 is 0 Å². The number of aromatic nitrogens is 4. The zero-order chi connectivity index (χ0) is 14.2. The van der Waals surface area contributed by atoms with Gasteiger partial charge in [-0.1, -0.05) is 29.4 Å². The zero-order valence-corrected chi connectivity index (χ0v) is 11.4. The van der Waals surface area contributed by atoms with E-state index in [0.717, 1.165) is 25.1 Å². The van der Waals surface area contributed by atoms with Crippen molar-refractivity contribution in [3.63, 3.8) is 0 Å². The van der Waals surface area contributed by atoms with E-state index >= 15 is 0 Å². The largest absolute Gasteiger partial charge is 0.383 e. The third-order valence-corrected chi connectivity index (χ3v) is 4.02. The quantitative estimate of drug-likeness (QED) is 0.752. The number of fused-ring (bicyclic) bond motifs is 1. The van der Waals surface area contributed by atoms with Crippen molar-refractivity contribution >= 4 is 5.82 Å². The average Bonchev–Trinajstić information content (AvgIpc) is 3.15. The number of anilines is 1. The van der Waals surface area contributed by atoms with Crippen molar-refractivity contribution in [3.05, 3.63) is 47.4 Å². The molecular weight excluding hydrogens is 266 g/mol. The summed E-state index contributed by atoms with van der Waals surface area (Å²) >= 11 is 0. The van der Waals surface area contributed by atoms with Gasteiger partial charge in [-0.05, 0) is 30.4 Å². The lowest BCUT2D eigenvalue weighted by atomic mass is 9.82. The van der Waals surface area contributed by atoms with Gasteiger partial charge >= 0.3 is 0 Å². The molecule has 1 aliphatic rings. The summed E-state index contributed by atoms with van der Waals surface area (Å²) in [6.45, 7) is 0. The Balaban J connectivity index is 1.73. The van der Waals surface area contributed by atoms with E-state index in [1.165, 1.54) is 11.1 Å². The molecule has 0 fully saturated rings. The molecule has 0 radical (unpaired) electrons. The van der Waals surface area contributed by atoms with Crippen molar-refractivity contribution in [2.45, 2.75) is 25.2 Å². The molecule has 1 atom stereocenters. The fraction of sp³-hybridized carbons (Fsp3) is 0.267. The number of hydrogen-bond acceptors (Lipinski definition) is 5. The van der Waals surface area contributed by atoms with Crippen molar-refractivity contribution in [1.29, 1.82) is 0 Å². The zero-order valence-electron chi connectivity index (χ0n) is 11.4. The van der Waals surface area contributed by atoms with E-state index in [2.05, 4.69) is 44.6 Å². The predicted molar refractivity (Wildman–Crippen MR) is 77.5 cm³/mol. The third-order valence-electron chi connectivity index (χ3n) is 4.02. The topological polar surface area (TPSA) is 93.6 Å². The molecular formula is C15H15N5O. The molecule has 3 aromatic rings. The Morgan fingerprint density at radius 3 is 3.05 bits per heavy atom. The second-order valence-electron chi connectivity index (χ2n) is 5.30. The summed E-state index contributed by atoms with van der Waals surface area (Å²) in [5.74, 6) is 1.77. The minimum absolute atomic E-state index is 0.195. The van der Waals surface area contributed by atoms with Gasteiger partial charge in [0, 0.05) is 5.92 Å². The van der Waals surface area contributed by atoms with Gasteiger partial charge < -0.3 is 10.3 Å². The Morgan fingerprint density at radius 2 is 2.19 bits per heavy atom. The molecule has 0 amide bonds. The Morgan fingerprint density at radius 1 is 1.29 bits per heavy atom. The summed E-state index contributed by atoms with van der Waals surface area (Å²) in [5, 5.41) is 10.7. The van der Waals surface area contributed by atoms with Crippen molar-refractivity contribution < 1.29 is 4.52 Å². The van der Waals surface area contributed by atoms with Crippen LogP contribution in [-0.2, 0) is 6.42 Å². The maximum absolute atomic E-state index is 5.79. The van der Waals surface area contributed by atoms with Gasteiger partial charge in [0.1, 0.15) is 11.4 Å². The molecule has 0 saturated heterocycles. The number of benzene rings is 1. The third kappa shape index (κ3) is 1.99. The number of nitrogens with one attached hydrogen (secondary N) is 1. The van der Waals surface area contributed by atoms with Crippen LogP contribution in [0.2, 0.25) is 0 Å². The molecule has 6 heteroatoms. The normalized spacial score (nSPS) is 17.6. The SMILES string of the molecule is Nc1[nH]ncc1-c1nc(C2CCCc3ccccc32)no1. The van der Waals surface area contributed by atoms with Gasteiger partial charge in [0.25, 0.3) is 5.89 Å². The molecule has 6 nitrogen and oxygen atoms in total. The van der Waals surface area contributed by atoms with Crippen LogP contribution in [0.25, 0.3) is 11.5 Å². The monoisotopic (exact) mass is 281 g/mol. The maximum Gasteiger partial charge on any atom is 0.263 e. The van der Waals surface area contributed by atoms with Crippen LogP contribution in [0, 0.1) is 0 Å². The summed E-state index contributed by atoms with van der Waals surface area (Å²) < 4.78 is 5.36. The van der Waals surface area contributed by atoms with Gasteiger partial charge in [-0.3, -0.25) is 5.10 Å². The molecule has 0 spiro atoms. The number of rotatable bonds is 2. The highest BCUT2D eigenvalue weighted by atomic mass is 16.5. The van der Waals surface area contributed by atoms with E-state index in [0.29, 0.717) is 17.3 Å². The maximum atomic E-state index is 5.79. The van der Waals surface area contributed by atoms with E-state index in [1.54, 1.807) is 6.20 Å². The number of aromatic amines is 1. The summed E-state index contributed by atoms with van der Waals surface area (Å²) in [5.41, 5.74) is 9.12. The van der Waals surface area contributed by atoms with E-state index in [1.807, 2.05) is 0 Å². The van der Waals surface area contributed by atoms with E-state index in [4.69, 9.17) is 10.3 Å². The van der Waals surface area contributed by atoms with Gasteiger partial charge in [0.15, 0.2) is 5.82 Å². The van der Waals surface area contributed by atoms with Crippen molar-refractivity contribution in [3.8, 4) is 11.5 Å². The van der Waals surface area contributed by atoms with Gasteiger partial charge in [-0.25, -0.2) is 0 Å². The second kappa shape index (κ2) is 4.73. The highest BCUT2D eigenvalue weighted by Gasteiger charge is 2.26. The van der Waals surface area contributed by atoms with Crippen LogP contribution in [0.5, 0.6) is 0 Å². The first kappa shape index (κ1) is 12.1. The molecule has 2 aromatic heterocycles. The summed E-state index contributed by atoms with van der Waals surface area (Å²) in [6, 6.07) is 8.47. The fourth-order valence-electron chi connectivity index (χ4n) is 2.97. The Bertz CT molecular complexity index is 776. The van der Waals surface area contributed by atoms with Crippen LogP contribution in [0.4, 0.5) is 5.82 Å². The van der Waals surface area contributed by atoms with Crippen LogP contribution in [0.3, 0.4) is 0 Å². The lowest BCUT2D eigenvalue weighted by molar-refractivity contribution is 0.415. The molecule has 1 aliphatic carbocycles. The molecule has 0 bridgehead atoms. The molecule has 0 saturated carbocycles. The summed E-state index contributed by atoms with van der Waals surface area (Å²) in [4.78, 5) is 4.52. The first-order chi connectivity index (χ1) is 10.3. The fourth-order valence-corrected chi connectivity index (χ4v) is 2.97. The summed E-state index contributed by atoms with van der Waals surface area (Å²) in [7, 11) is 0. The minimum atomic E-state index is 0.195. The molecule has 1 aromatic carbocycles. The number of aryl methyl sites for hydroxylation is 1. The van der Waals surface area contributed by atoms with Gasteiger partial charge in [-0.2, -0.15) is 10.1 Å².